The number of carbonyl (C=O) groups is 2. The predicted molar refractivity (Wildman–Crippen MR) is 129 cm³/mol. The second-order valence-corrected chi connectivity index (χ2v) is 10.2. The van der Waals surface area contributed by atoms with Crippen molar-refractivity contribution < 1.29 is 19.1 Å². The normalized spacial score (nSPS) is 22.0. The summed E-state index contributed by atoms with van der Waals surface area (Å²) in [6, 6.07) is 3.11. The second-order valence-electron chi connectivity index (χ2n) is 10.2. The third-order valence-electron chi connectivity index (χ3n) is 7.94. The van der Waals surface area contributed by atoms with Crippen LogP contribution in [0.1, 0.15) is 82.3 Å². The highest BCUT2D eigenvalue weighted by Gasteiger charge is 2.44. The Balaban J connectivity index is 0.00000306. The highest BCUT2D eigenvalue weighted by atomic mass is 35.5. The number of imide groups is 1. The van der Waals surface area contributed by atoms with Crippen molar-refractivity contribution >= 4 is 24.2 Å². The topological polar surface area (TPSA) is 60.9 Å². The van der Waals surface area contributed by atoms with Gasteiger partial charge in [0.15, 0.2) is 0 Å². The Hall–Kier alpha value is -1.66. The van der Waals surface area contributed by atoms with Gasteiger partial charge < -0.3 is 10.0 Å². The first-order valence-electron chi connectivity index (χ1n) is 12.5. The minimum Gasteiger partial charge on any atom is -0.508 e. The second kappa shape index (κ2) is 11.2. The lowest BCUT2D eigenvalue weighted by molar-refractivity contribution is -0.153. The molecule has 1 atom stereocenters. The molecule has 1 spiro atoms. The fourth-order valence-electron chi connectivity index (χ4n) is 6.22. The van der Waals surface area contributed by atoms with E-state index >= 15 is 0 Å². The standard InChI is InChI=1S/C26H37FN2O3.ClH/c1-2-13-28(19-7-8-20-21(16-19)23(30)10-9-22(20)27)14-5-6-15-29-24(31)17-26(18-25(29)32)11-3-4-12-26;/h9-10,19,30H,2-8,11-18H2,1H3;1H/t19-;/m0./s1. The van der Waals surface area contributed by atoms with Gasteiger partial charge in [-0.3, -0.25) is 14.5 Å². The number of aromatic hydroxyl groups is 1. The maximum atomic E-state index is 14.1. The minimum atomic E-state index is -0.214. The van der Waals surface area contributed by atoms with Crippen LogP contribution in [0.15, 0.2) is 12.1 Å². The Labute approximate surface area is 203 Å². The average Bonchev–Trinajstić information content (AvgIpc) is 3.21. The van der Waals surface area contributed by atoms with Gasteiger partial charge in [-0.2, -0.15) is 0 Å². The summed E-state index contributed by atoms with van der Waals surface area (Å²) in [5.74, 6) is 0.0307. The summed E-state index contributed by atoms with van der Waals surface area (Å²) in [5.41, 5.74) is 1.39. The molecule has 33 heavy (non-hydrogen) atoms. The van der Waals surface area contributed by atoms with Crippen LogP contribution in [0.3, 0.4) is 0 Å². The van der Waals surface area contributed by atoms with Gasteiger partial charge in [-0.15, -0.1) is 12.4 Å². The number of likely N-dealkylation sites (tertiary alicyclic amines) is 1. The van der Waals surface area contributed by atoms with E-state index < -0.39 is 0 Å². The molecule has 3 aliphatic rings. The zero-order chi connectivity index (χ0) is 22.7. The summed E-state index contributed by atoms with van der Waals surface area (Å²) in [6.45, 7) is 4.53. The third-order valence-corrected chi connectivity index (χ3v) is 7.94. The molecule has 0 radical (unpaired) electrons. The monoisotopic (exact) mass is 480 g/mol. The number of piperidine rings is 1. The number of halogens is 2. The highest BCUT2D eigenvalue weighted by molar-refractivity contribution is 5.98. The van der Waals surface area contributed by atoms with E-state index in [2.05, 4.69) is 11.8 Å². The van der Waals surface area contributed by atoms with E-state index in [1.54, 1.807) is 0 Å². The van der Waals surface area contributed by atoms with Crippen LogP contribution in [-0.2, 0) is 22.4 Å². The van der Waals surface area contributed by atoms with Crippen LogP contribution in [0.25, 0.3) is 0 Å². The molecule has 184 valence electrons. The number of hydrogen-bond donors (Lipinski definition) is 1. The number of phenolic OH excluding ortho intramolecular Hbond substituents is 1. The van der Waals surface area contributed by atoms with Gasteiger partial charge in [0.2, 0.25) is 11.8 Å². The smallest absolute Gasteiger partial charge is 0.229 e. The molecule has 1 aromatic rings. The number of nitrogens with zero attached hydrogens (tertiary/aromatic N) is 2. The number of benzene rings is 1. The molecule has 0 bridgehead atoms. The van der Waals surface area contributed by atoms with Crippen molar-refractivity contribution in [3.63, 3.8) is 0 Å². The van der Waals surface area contributed by atoms with E-state index in [1.165, 1.54) is 17.0 Å². The Kier molecular flexibility index (Phi) is 8.79. The number of amides is 2. The molecule has 0 unspecified atom stereocenters. The van der Waals surface area contributed by atoms with Crippen LogP contribution in [0.2, 0.25) is 0 Å². The molecule has 4 rings (SSSR count). The summed E-state index contributed by atoms with van der Waals surface area (Å²) in [5, 5.41) is 10.2. The highest BCUT2D eigenvalue weighted by Crippen LogP contribution is 2.46. The predicted octanol–water partition coefficient (Wildman–Crippen LogP) is 5.01. The molecule has 2 aliphatic carbocycles. The molecule has 1 saturated carbocycles. The lowest BCUT2D eigenvalue weighted by atomic mass is 9.76. The zero-order valence-corrected chi connectivity index (χ0v) is 20.6. The molecule has 7 heteroatoms. The van der Waals surface area contributed by atoms with E-state index in [4.69, 9.17) is 0 Å². The lowest BCUT2D eigenvalue weighted by Crippen LogP contribution is -2.47. The third kappa shape index (κ3) is 5.71. The number of phenols is 1. The first-order chi connectivity index (χ1) is 15.4. The quantitative estimate of drug-likeness (QED) is 0.419. The summed E-state index contributed by atoms with van der Waals surface area (Å²) in [4.78, 5) is 29.3. The Bertz CT molecular complexity index is 836. The molecule has 1 heterocycles. The van der Waals surface area contributed by atoms with Crippen molar-refractivity contribution in [2.24, 2.45) is 5.41 Å². The van der Waals surface area contributed by atoms with Crippen molar-refractivity contribution in [1.82, 2.24) is 9.80 Å². The van der Waals surface area contributed by atoms with Crippen LogP contribution in [0, 0.1) is 11.2 Å². The Morgan fingerprint density at radius 1 is 1.09 bits per heavy atom. The number of hydrogen-bond acceptors (Lipinski definition) is 4. The SMILES string of the molecule is CCCN(CCCCN1C(=O)CC2(CCCC2)CC1=O)[C@H]1CCc2c(F)ccc(O)c2C1.Cl. The molecular weight excluding hydrogens is 443 g/mol. The van der Waals surface area contributed by atoms with Gasteiger partial charge in [0.25, 0.3) is 0 Å². The van der Waals surface area contributed by atoms with Crippen molar-refractivity contribution in [2.75, 3.05) is 19.6 Å². The molecule has 1 saturated heterocycles. The molecule has 0 aromatic heterocycles. The van der Waals surface area contributed by atoms with Gasteiger partial charge in [0.05, 0.1) is 0 Å². The van der Waals surface area contributed by atoms with Crippen LogP contribution in [0.5, 0.6) is 5.75 Å². The molecular formula is C26H38ClFN2O3. The fraction of sp³-hybridized carbons (Fsp3) is 0.692. The lowest BCUT2D eigenvalue weighted by Gasteiger charge is -2.37. The van der Waals surface area contributed by atoms with Crippen LogP contribution in [-0.4, -0.2) is 52.4 Å². The van der Waals surface area contributed by atoms with Crippen LogP contribution >= 0.6 is 12.4 Å². The maximum absolute atomic E-state index is 14.1. The minimum absolute atomic E-state index is 0. The van der Waals surface area contributed by atoms with Gasteiger partial charge >= 0.3 is 0 Å². The number of carbonyl (C=O) groups excluding carboxylic acids is 2. The fourth-order valence-corrected chi connectivity index (χ4v) is 6.22. The average molecular weight is 481 g/mol. The van der Waals surface area contributed by atoms with Crippen molar-refractivity contribution in [2.45, 2.75) is 90.0 Å². The van der Waals surface area contributed by atoms with Gasteiger partial charge in [0.1, 0.15) is 11.6 Å². The van der Waals surface area contributed by atoms with Crippen LogP contribution in [0.4, 0.5) is 4.39 Å². The molecule has 1 aromatic carbocycles. The first kappa shape index (κ1) is 26.0. The van der Waals surface area contributed by atoms with E-state index in [0.29, 0.717) is 37.8 Å². The van der Waals surface area contributed by atoms with E-state index in [9.17, 15) is 19.1 Å². The summed E-state index contributed by atoms with van der Waals surface area (Å²) in [6.07, 6.45) is 10.4. The zero-order valence-electron chi connectivity index (χ0n) is 19.8. The van der Waals surface area contributed by atoms with E-state index in [0.717, 1.165) is 70.0 Å². The molecule has 5 nitrogen and oxygen atoms in total. The molecule has 2 fully saturated rings. The maximum Gasteiger partial charge on any atom is 0.229 e. The van der Waals surface area contributed by atoms with Gasteiger partial charge in [-0.05, 0) is 87.6 Å². The first-order valence-corrected chi connectivity index (χ1v) is 12.5. The Morgan fingerprint density at radius 2 is 1.79 bits per heavy atom. The summed E-state index contributed by atoms with van der Waals surface area (Å²) >= 11 is 0. The summed E-state index contributed by atoms with van der Waals surface area (Å²) < 4.78 is 14.1. The van der Waals surface area contributed by atoms with E-state index in [1.807, 2.05) is 0 Å². The number of unbranched alkanes of at least 4 members (excludes halogenated alkanes) is 1. The Morgan fingerprint density at radius 3 is 2.45 bits per heavy atom. The number of fused-ring (bicyclic) bond motifs is 1. The molecule has 2 amide bonds. The number of rotatable bonds is 8. The van der Waals surface area contributed by atoms with Gasteiger partial charge in [-0.25, -0.2) is 4.39 Å². The van der Waals surface area contributed by atoms with Gasteiger partial charge in [-0.1, -0.05) is 19.8 Å². The summed E-state index contributed by atoms with van der Waals surface area (Å²) in [7, 11) is 0. The van der Waals surface area contributed by atoms with E-state index in [-0.39, 0.29) is 47.2 Å². The van der Waals surface area contributed by atoms with Crippen molar-refractivity contribution in [3.05, 3.63) is 29.1 Å². The molecule has 1 N–H and O–H groups in total. The largest absolute Gasteiger partial charge is 0.508 e. The van der Waals surface area contributed by atoms with Gasteiger partial charge in [0, 0.05) is 31.0 Å². The molecule has 1 aliphatic heterocycles. The van der Waals surface area contributed by atoms with Crippen molar-refractivity contribution in [1.29, 1.82) is 0 Å². The van der Waals surface area contributed by atoms with Crippen molar-refractivity contribution in [3.8, 4) is 5.75 Å². The van der Waals surface area contributed by atoms with Crippen LogP contribution < -0.4 is 0 Å².